The summed E-state index contributed by atoms with van der Waals surface area (Å²) in [7, 11) is 1.66. The van der Waals surface area contributed by atoms with Crippen LogP contribution in [0.25, 0.3) is 5.70 Å². The number of amidine groups is 1. The van der Waals surface area contributed by atoms with Crippen molar-refractivity contribution in [1.29, 1.82) is 0 Å². The number of fused-ring (bicyclic) bond motifs is 1. The van der Waals surface area contributed by atoms with Crippen LogP contribution in [0, 0.1) is 23.0 Å². The Kier molecular flexibility index (Phi) is 9.31. The van der Waals surface area contributed by atoms with Crippen molar-refractivity contribution in [2.45, 2.75) is 78.6 Å². The van der Waals surface area contributed by atoms with Crippen LogP contribution in [-0.2, 0) is 17.6 Å². The van der Waals surface area contributed by atoms with Gasteiger partial charge in [-0.2, -0.15) is 0 Å². The lowest BCUT2D eigenvalue weighted by Crippen LogP contribution is -2.30. The maximum Gasteiger partial charge on any atom is 0.229 e. The molecule has 208 valence electrons. The van der Waals surface area contributed by atoms with Crippen molar-refractivity contribution < 1.29 is 18.3 Å². The average Bonchev–Trinajstić information content (AvgIpc) is 2.91. The van der Waals surface area contributed by atoms with E-state index < -0.39 is 11.6 Å². The van der Waals surface area contributed by atoms with Crippen LogP contribution in [0.3, 0.4) is 0 Å². The van der Waals surface area contributed by atoms with Crippen molar-refractivity contribution in [2.24, 2.45) is 21.3 Å². The van der Waals surface area contributed by atoms with Crippen LogP contribution in [0.1, 0.15) is 82.4 Å². The van der Waals surface area contributed by atoms with E-state index in [-0.39, 0.29) is 17.7 Å². The monoisotopic (exact) mass is 535 g/mol. The van der Waals surface area contributed by atoms with Crippen molar-refractivity contribution in [1.82, 2.24) is 5.32 Å². The minimum atomic E-state index is -0.969. The van der Waals surface area contributed by atoms with E-state index >= 15 is 0 Å². The lowest BCUT2D eigenvalue weighted by Gasteiger charge is -2.37. The first-order valence-electron chi connectivity index (χ1n) is 13.9. The summed E-state index contributed by atoms with van der Waals surface area (Å²) in [5.74, 6) is -0.211. The number of benzene rings is 2. The zero-order valence-electron chi connectivity index (χ0n) is 23.4. The van der Waals surface area contributed by atoms with Gasteiger partial charge in [-0.05, 0) is 91.8 Å². The lowest BCUT2D eigenvalue weighted by molar-refractivity contribution is -0.119. The molecule has 2 aliphatic rings. The molecule has 0 bridgehead atoms. The second-order valence-electron chi connectivity index (χ2n) is 11.2. The molecule has 7 heteroatoms. The third-order valence-corrected chi connectivity index (χ3v) is 8.00. The van der Waals surface area contributed by atoms with Gasteiger partial charge in [-0.1, -0.05) is 39.2 Å². The van der Waals surface area contributed by atoms with Gasteiger partial charge in [0.2, 0.25) is 5.91 Å². The van der Waals surface area contributed by atoms with Gasteiger partial charge in [0, 0.05) is 11.8 Å². The van der Waals surface area contributed by atoms with Gasteiger partial charge in [-0.25, -0.2) is 13.8 Å². The summed E-state index contributed by atoms with van der Waals surface area (Å²) in [6.45, 7) is 6.39. The van der Waals surface area contributed by atoms with E-state index in [2.05, 4.69) is 31.4 Å². The summed E-state index contributed by atoms with van der Waals surface area (Å²) in [4.78, 5) is 22.3. The molecule has 4 rings (SSSR count). The highest BCUT2D eigenvalue weighted by Crippen LogP contribution is 2.42. The lowest BCUT2D eigenvalue weighted by atomic mass is 9.68. The Morgan fingerprint density at radius 1 is 1.18 bits per heavy atom. The van der Waals surface area contributed by atoms with Crippen LogP contribution in [0.15, 0.2) is 52.1 Å². The first-order chi connectivity index (χ1) is 18.7. The molecule has 2 unspecified atom stereocenters. The Morgan fingerprint density at radius 2 is 2.00 bits per heavy atom. The zero-order valence-corrected chi connectivity index (χ0v) is 23.4. The fourth-order valence-corrected chi connectivity index (χ4v) is 5.84. The van der Waals surface area contributed by atoms with Gasteiger partial charge in [0.1, 0.15) is 11.6 Å². The summed E-state index contributed by atoms with van der Waals surface area (Å²) < 4.78 is 32.2. The summed E-state index contributed by atoms with van der Waals surface area (Å²) in [5, 5.41) is 2.79. The second-order valence-corrected chi connectivity index (χ2v) is 11.2. The maximum absolute atomic E-state index is 13.5. The summed E-state index contributed by atoms with van der Waals surface area (Å²) >= 11 is 0. The minimum absolute atomic E-state index is 0.0753. The first-order valence-corrected chi connectivity index (χ1v) is 13.9. The van der Waals surface area contributed by atoms with Crippen LogP contribution in [0.2, 0.25) is 0 Å². The number of carbonyl (C=O) groups excluding carboxylic acids is 1. The van der Waals surface area contributed by atoms with E-state index in [0.717, 1.165) is 59.2 Å². The number of carbonyl (C=O) groups is 1. The molecule has 1 N–H and O–H groups in total. The Hall–Kier alpha value is -3.35. The third kappa shape index (κ3) is 7.40. The average molecular weight is 536 g/mol. The number of hydrogen-bond donors (Lipinski definition) is 1. The highest BCUT2D eigenvalue weighted by molar-refractivity contribution is 5.98. The van der Waals surface area contributed by atoms with E-state index in [0.29, 0.717) is 17.8 Å². The van der Waals surface area contributed by atoms with Crippen molar-refractivity contribution in [3.63, 3.8) is 0 Å². The molecule has 0 radical (unpaired) electrons. The van der Waals surface area contributed by atoms with Crippen molar-refractivity contribution in [3.05, 3.63) is 70.4 Å². The highest BCUT2D eigenvalue weighted by Gasteiger charge is 2.30. The zero-order chi connectivity index (χ0) is 28.0. The molecule has 0 aliphatic heterocycles. The number of nitrogens with one attached hydrogen (secondary N) is 1. The normalized spacial score (nSPS) is 21.7. The number of ether oxygens (including phenoxy) is 1. The Balaban J connectivity index is 1.56. The van der Waals surface area contributed by atoms with Crippen LogP contribution < -0.4 is 10.1 Å². The number of nitrogens with zero attached hydrogens (tertiary/aromatic N) is 2. The van der Waals surface area contributed by atoms with Crippen LogP contribution in [0.5, 0.6) is 5.75 Å². The van der Waals surface area contributed by atoms with E-state index in [1.165, 1.54) is 38.2 Å². The standard InChI is InChI=1S/C32H39F2N3O2/c1-5-22-7-6-14-32(3,20-22)15-16-35-31-26-11-10-25(39-4)19-24(26)9-13-29(31)36-21(2)37-30(38)18-23-8-12-27(33)28(34)17-23/h8,10-12,16-17,19,22H,5-7,9,13-15,18,20H2,1-4H3,(H,36,37,38). The number of halogens is 2. The molecule has 0 spiro atoms. The van der Waals surface area contributed by atoms with Crippen molar-refractivity contribution in [2.75, 3.05) is 7.11 Å². The van der Waals surface area contributed by atoms with E-state index in [1.54, 1.807) is 14.0 Å². The van der Waals surface area contributed by atoms with Gasteiger partial charge >= 0.3 is 0 Å². The summed E-state index contributed by atoms with van der Waals surface area (Å²) in [6.07, 6.45) is 10.6. The van der Waals surface area contributed by atoms with Gasteiger partial charge < -0.3 is 10.1 Å². The molecule has 5 nitrogen and oxygen atoms in total. The van der Waals surface area contributed by atoms with Crippen molar-refractivity contribution in [3.8, 4) is 5.75 Å². The Morgan fingerprint density at radius 3 is 2.74 bits per heavy atom. The van der Waals surface area contributed by atoms with Crippen molar-refractivity contribution >= 4 is 23.7 Å². The van der Waals surface area contributed by atoms with Gasteiger partial charge in [-0.3, -0.25) is 9.79 Å². The molecule has 2 aromatic rings. The molecule has 2 aliphatic carbocycles. The van der Waals surface area contributed by atoms with Crippen LogP contribution in [0.4, 0.5) is 8.78 Å². The SMILES string of the molecule is CCC1CCCC(C)(CC=NC2=C(N=C(C)NC(=O)Cc3ccc(F)c(F)c3)CCc3cc(OC)ccc32)C1. The largest absolute Gasteiger partial charge is 0.497 e. The van der Waals surface area contributed by atoms with E-state index in [1.807, 2.05) is 12.1 Å². The second kappa shape index (κ2) is 12.7. The van der Waals surface area contributed by atoms with Crippen LogP contribution in [-0.4, -0.2) is 25.1 Å². The number of amides is 1. The first kappa shape index (κ1) is 28.7. The fraction of sp³-hybridized carbons (Fsp3) is 0.469. The topological polar surface area (TPSA) is 63.0 Å². The highest BCUT2D eigenvalue weighted by atomic mass is 19.2. The molecule has 0 heterocycles. The molecule has 0 aromatic heterocycles. The molecule has 1 fully saturated rings. The predicted molar refractivity (Wildman–Crippen MR) is 153 cm³/mol. The smallest absolute Gasteiger partial charge is 0.229 e. The number of rotatable bonds is 8. The molecule has 2 aromatic carbocycles. The van der Waals surface area contributed by atoms with Gasteiger partial charge in [0.15, 0.2) is 11.6 Å². The molecule has 0 saturated heterocycles. The minimum Gasteiger partial charge on any atom is -0.497 e. The number of aryl methyl sites for hydroxylation is 1. The Bertz CT molecular complexity index is 1300. The predicted octanol–water partition coefficient (Wildman–Crippen LogP) is 7.43. The fourth-order valence-electron chi connectivity index (χ4n) is 5.84. The maximum atomic E-state index is 13.5. The molecular formula is C32H39F2N3O2. The van der Waals surface area contributed by atoms with E-state index in [4.69, 9.17) is 14.7 Å². The van der Waals surface area contributed by atoms with E-state index in [9.17, 15) is 13.6 Å². The van der Waals surface area contributed by atoms with Gasteiger partial charge in [0.05, 0.1) is 24.9 Å². The molecule has 1 saturated carbocycles. The van der Waals surface area contributed by atoms with Gasteiger partial charge in [0.25, 0.3) is 0 Å². The quantitative estimate of drug-likeness (QED) is 0.282. The number of aliphatic imine (C=N–C) groups is 2. The summed E-state index contributed by atoms with van der Waals surface area (Å²) in [5.41, 5.74) is 4.47. The number of allylic oxidation sites excluding steroid dienone is 1. The molecular weight excluding hydrogens is 496 g/mol. The summed E-state index contributed by atoms with van der Waals surface area (Å²) in [6, 6.07) is 9.49. The molecule has 39 heavy (non-hydrogen) atoms. The molecule has 2 atom stereocenters. The number of hydrogen-bond acceptors (Lipinski definition) is 4. The third-order valence-electron chi connectivity index (χ3n) is 8.00. The van der Waals surface area contributed by atoms with Crippen LogP contribution >= 0.6 is 0 Å². The number of methoxy groups -OCH3 is 1. The molecule has 1 amide bonds. The Labute approximate surface area is 230 Å². The van der Waals surface area contributed by atoms with Gasteiger partial charge in [-0.15, -0.1) is 0 Å².